The molecular formula is C34H64NO6+. The normalized spacial score (nSPS) is 15.4. The second-order valence-corrected chi connectivity index (χ2v) is 12.7. The standard InChI is InChI=1S/C34H63NO6/c1-5-6-7-8-9-10-11-12-13-14-15-16-17-18-19-20-21-22-23-24-25-35(26-29(2)32(36)37,27-30(3)33(38)39)28-31(4)34(40)41/h8-9,29-31H,5-7,10-28H2,1-4H3,(H2-,36,37,38,39,40,41)/p+1/b9-8+. The van der Waals surface area contributed by atoms with E-state index >= 15 is 0 Å². The molecule has 0 aliphatic heterocycles. The molecule has 0 rings (SSSR count). The molecule has 0 aromatic carbocycles. The lowest BCUT2D eigenvalue weighted by Crippen LogP contribution is -2.57. The number of unbranched alkanes of at least 4 members (excludes halogenated alkanes) is 16. The van der Waals surface area contributed by atoms with Crippen LogP contribution in [0.1, 0.15) is 143 Å². The molecule has 3 N–H and O–H groups in total. The van der Waals surface area contributed by atoms with Crippen molar-refractivity contribution in [2.45, 2.75) is 143 Å². The summed E-state index contributed by atoms with van der Waals surface area (Å²) < 4.78 is 0.227. The predicted octanol–water partition coefficient (Wildman–Crippen LogP) is 8.56. The van der Waals surface area contributed by atoms with Crippen molar-refractivity contribution in [3.05, 3.63) is 12.2 Å². The molecule has 3 unspecified atom stereocenters. The number of aliphatic carboxylic acids is 3. The van der Waals surface area contributed by atoms with Gasteiger partial charge in [-0.2, -0.15) is 0 Å². The van der Waals surface area contributed by atoms with Crippen molar-refractivity contribution < 1.29 is 34.2 Å². The van der Waals surface area contributed by atoms with E-state index in [9.17, 15) is 29.7 Å². The van der Waals surface area contributed by atoms with Gasteiger partial charge in [-0.1, -0.05) is 103 Å². The molecule has 7 nitrogen and oxygen atoms in total. The minimum atomic E-state index is -0.931. The fourth-order valence-electron chi connectivity index (χ4n) is 5.86. The third-order valence-electron chi connectivity index (χ3n) is 8.39. The average molecular weight is 583 g/mol. The molecule has 0 saturated carbocycles. The lowest BCUT2D eigenvalue weighted by molar-refractivity contribution is -0.934. The van der Waals surface area contributed by atoms with Gasteiger partial charge >= 0.3 is 17.9 Å². The van der Waals surface area contributed by atoms with E-state index in [0.717, 1.165) is 19.3 Å². The molecule has 7 heteroatoms. The monoisotopic (exact) mass is 582 g/mol. The van der Waals surface area contributed by atoms with Crippen LogP contribution >= 0.6 is 0 Å². The summed E-state index contributed by atoms with van der Waals surface area (Å²) in [4.78, 5) is 34.9. The molecule has 0 amide bonds. The molecule has 0 aliphatic carbocycles. The topological polar surface area (TPSA) is 112 Å². The van der Waals surface area contributed by atoms with Crippen molar-refractivity contribution in [3.63, 3.8) is 0 Å². The van der Waals surface area contributed by atoms with E-state index in [0.29, 0.717) is 6.54 Å². The van der Waals surface area contributed by atoms with E-state index in [4.69, 9.17) is 0 Å². The fourth-order valence-corrected chi connectivity index (χ4v) is 5.86. The number of nitrogens with zero attached hydrogens (tertiary/aromatic N) is 1. The Bertz CT molecular complexity index is 667. The molecule has 0 aliphatic rings. The Morgan fingerprint density at radius 2 is 0.805 bits per heavy atom. The Labute approximate surface area is 251 Å². The Morgan fingerprint density at radius 1 is 0.512 bits per heavy atom. The van der Waals surface area contributed by atoms with Gasteiger partial charge in [0.15, 0.2) is 0 Å². The van der Waals surface area contributed by atoms with Crippen molar-refractivity contribution in [2.75, 3.05) is 26.2 Å². The first-order valence-electron chi connectivity index (χ1n) is 16.7. The summed E-state index contributed by atoms with van der Waals surface area (Å²) in [6, 6.07) is 0. The van der Waals surface area contributed by atoms with E-state index in [1.165, 1.54) is 96.3 Å². The third-order valence-corrected chi connectivity index (χ3v) is 8.39. The van der Waals surface area contributed by atoms with Crippen LogP contribution < -0.4 is 0 Å². The summed E-state index contributed by atoms with van der Waals surface area (Å²) >= 11 is 0. The zero-order valence-corrected chi connectivity index (χ0v) is 27.0. The van der Waals surface area contributed by atoms with Gasteiger partial charge in [-0.3, -0.25) is 14.4 Å². The van der Waals surface area contributed by atoms with Crippen molar-refractivity contribution in [3.8, 4) is 0 Å². The average Bonchev–Trinajstić information content (AvgIpc) is 2.91. The maximum absolute atomic E-state index is 11.6. The molecule has 0 aromatic heterocycles. The molecule has 0 heterocycles. The number of carboxylic acids is 3. The fraction of sp³-hybridized carbons (Fsp3) is 0.853. The molecule has 0 aromatic rings. The van der Waals surface area contributed by atoms with Crippen molar-refractivity contribution in [1.82, 2.24) is 0 Å². The zero-order valence-electron chi connectivity index (χ0n) is 27.0. The minimum absolute atomic E-state index is 0.227. The van der Waals surface area contributed by atoms with Crippen LogP contribution in [-0.4, -0.2) is 63.9 Å². The van der Waals surface area contributed by atoms with Gasteiger partial charge in [0.25, 0.3) is 0 Å². The summed E-state index contributed by atoms with van der Waals surface area (Å²) in [5.74, 6) is -4.79. The number of allylic oxidation sites excluding steroid dienone is 2. The first-order valence-corrected chi connectivity index (χ1v) is 16.7. The maximum Gasteiger partial charge on any atom is 0.311 e. The minimum Gasteiger partial charge on any atom is -0.481 e. The van der Waals surface area contributed by atoms with Gasteiger partial charge in [0, 0.05) is 0 Å². The van der Waals surface area contributed by atoms with Gasteiger partial charge in [0.2, 0.25) is 0 Å². The van der Waals surface area contributed by atoms with Crippen LogP contribution in [0.4, 0.5) is 0 Å². The second kappa shape index (κ2) is 24.7. The molecule has 0 bridgehead atoms. The number of hydrogen-bond donors (Lipinski definition) is 3. The van der Waals surface area contributed by atoms with Crippen LogP contribution in [0, 0.1) is 17.8 Å². The molecule has 0 saturated heterocycles. The van der Waals surface area contributed by atoms with Gasteiger partial charge in [-0.05, 0) is 52.9 Å². The Balaban J connectivity index is 4.23. The van der Waals surface area contributed by atoms with Crippen LogP contribution in [0.3, 0.4) is 0 Å². The van der Waals surface area contributed by atoms with Crippen LogP contribution in [0.25, 0.3) is 0 Å². The summed E-state index contributed by atoms with van der Waals surface area (Å²) in [5, 5.41) is 28.6. The van der Waals surface area contributed by atoms with Gasteiger partial charge in [-0.15, -0.1) is 0 Å². The SMILES string of the molecule is CCCC/C=C/CCCCCCCCCCCCCCCC[N+](CC(C)C(=O)O)(CC(C)C(=O)O)CC(C)C(=O)O. The number of carboxylic acid groups (broad SMARTS) is 3. The highest BCUT2D eigenvalue weighted by Crippen LogP contribution is 2.22. The number of carbonyl (C=O) groups is 3. The molecule has 3 atom stereocenters. The van der Waals surface area contributed by atoms with Crippen molar-refractivity contribution in [1.29, 1.82) is 0 Å². The van der Waals surface area contributed by atoms with Crippen molar-refractivity contribution >= 4 is 17.9 Å². The molecule has 0 fully saturated rings. The first-order chi connectivity index (χ1) is 19.5. The quantitative estimate of drug-likeness (QED) is 0.0463. The molecular weight excluding hydrogens is 518 g/mol. The lowest BCUT2D eigenvalue weighted by atomic mass is 10.00. The van der Waals surface area contributed by atoms with E-state index in [1.54, 1.807) is 20.8 Å². The highest BCUT2D eigenvalue weighted by molar-refractivity contribution is 5.70. The molecule has 240 valence electrons. The number of hydrogen-bond acceptors (Lipinski definition) is 3. The first kappa shape index (κ1) is 39.1. The van der Waals surface area contributed by atoms with Crippen LogP contribution in [-0.2, 0) is 14.4 Å². The van der Waals surface area contributed by atoms with Gasteiger partial charge in [0.1, 0.15) is 17.8 Å². The number of quaternary nitrogens is 1. The highest BCUT2D eigenvalue weighted by atomic mass is 16.4. The zero-order chi connectivity index (χ0) is 30.9. The summed E-state index contributed by atoms with van der Waals surface area (Å²) in [6.07, 6.45) is 27.1. The Hall–Kier alpha value is -1.89. The Kier molecular flexibility index (Phi) is 23.5. The van der Waals surface area contributed by atoms with E-state index in [-0.39, 0.29) is 24.1 Å². The summed E-state index contributed by atoms with van der Waals surface area (Å²) in [7, 11) is 0. The van der Waals surface area contributed by atoms with E-state index in [2.05, 4.69) is 19.1 Å². The predicted molar refractivity (Wildman–Crippen MR) is 168 cm³/mol. The Morgan fingerprint density at radius 3 is 1.12 bits per heavy atom. The summed E-state index contributed by atoms with van der Waals surface area (Å²) in [5.41, 5.74) is 0. The third kappa shape index (κ3) is 21.5. The molecule has 0 radical (unpaired) electrons. The van der Waals surface area contributed by atoms with Crippen LogP contribution in [0.5, 0.6) is 0 Å². The van der Waals surface area contributed by atoms with Crippen molar-refractivity contribution in [2.24, 2.45) is 17.8 Å². The largest absolute Gasteiger partial charge is 0.481 e. The molecule has 41 heavy (non-hydrogen) atoms. The maximum atomic E-state index is 11.6. The van der Waals surface area contributed by atoms with Crippen LogP contribution in [0.2, 0.25) is 0 Å². The van der Waals surface area contributed by atoms with Gasteiger partial charge in [0.05, 0.1) is 26.2 Å². The molecule has 0 spiro atoms. The van der Waals surface area contributed by atoms with Gasteiger partial charge < -0.3 is 19.8 Å². The second-order valence-electron chi connectivity index (χ2n) is 12.7. The van der Waals surface area contributed by atoms with Gasteiger partial charge in [-0.25, -0.2) is 0 Å². The van der Waals surface area contributed by atoms with E-state index in [1.807, 2.05) is 0 Å². The summed E-state index contributed by atoms with van der Waals surface area (Å²) in [6.45, 7) is 8.48. The highest BCUT2D eigenvalue weighted by Gasteiger charge is 2.38. The lowest BCUT2D eigenvalue weighted by Gasteiger charge is -2.42. The van der Waals surface area contributed by atoms with Crippen LogP contribution in [0.15, 0.2) is 12.2 Å². The number of rotatable bonds is 29. The smallest absolute Gasteiger partial charge is 0.311 e. The van der Waals surface area contributed by atoms with E-state index < -0.39 is 35.7 Å².